The third kappa shape index (κ3) is 5.51. The molecule has 7 rings (SSSR count). The maximum absolute atomic E-state index is 15.2. The SMILES string of the molecule is COc1cc(-c2ccc(C3CCc4ccc([C@H](C5CC5)[C@H](C)C(=O)O)cc4O3)cc2CN2CCC3CCOC32)c(F)cn1. The van der Waals surface area contributed by atoms with Gasteiger partial charge < -0.3 is 19.3 Å². The fraction of sp³-hybridized carbons (Fsp3) is 0.486. The van der Waals surface area contributed by atoms with Crippen LogP contribution in [0.15, 0.2) is 48.7 Å². The van der Waals surface area contributed by atoms with E-state index >= 15 is 4.39 Å². The lowest BCUT2D eigenvalue weighted by molar-refractivity contribution is -0.142. The molecule has 226 valence electrons. The van der Waals surface area contributed by atoms with Crippen molar-refractivity contribution in [2.24, 2.45) is 17.8 Å². The Hall–Kier alpha value is -3.49. The van der Waals surface area contributed by atoms with Gasteiger partial charge in [-0.15, -0.1) is 0 Å². The van der Waals surface area contributed by atoms with E-state index in [1.54, 1.807) is 6.07 Å². The summed E-state index contributed by atoms with van der Waals surface area (Å²) in [7, 11) is 1.54. The first-order valence-electron chi connectivity index (χ1n) is 15.6. The second-order valence-electron chi connectivity index (χ2n) is 12.7. The highest BCUT2D eigenvalue weighted by Gasteiger charge is 2.40. The van der Waals surface area contributed by atoms with E-state index in [4.69, 9.17) is 14.2 Å². The highest BCUT2D eigenvalue weighted by molar-refractivity contribution is 5.71. The van der Waals surface area contributed by atoms with E-state index < -0.39 is 11.9 Å². The standard InChI is InChI=1S/C35H39FN2O5/c1-20(35(39)40)33(22-4-5-22)25-6-3-21-8-10-30(43-31(21)16-25)24-7-9-27(28-17-32(41-2)37-18-29(28)36)26(15-24)19-38-13-11-23-12-14-42-34(23)38/h3,6-7,9,15-18,20,22-23,30,33-34H,4-5,8,10-14,19H2,1-2H3,(H,39,40)/t20-,23?,30?,33-,34?/m0/s1. The quantitative estimate of drug-likeness (QED) is 0.297. The largest absolute Gasteiger partial charge is 0.485 e. The Morgan fingerprint density at radius 2 is 1.98 bits per heavy atom. The minimum Gasteiger partial charge on any atom is -0.485 e. The van der Waals surface area contributed by atoms with Crippen molar-refractivity contribution in [2.45, 2.75) is 70.2 Å². The van der Waals surface area contributed by atoms with Gasteiger partial charge in [0.25, 0.3) is 0 Å². The van der Waals surface area contributed by atoms with Crippen LogP contribution in [-0.2, 0) is 22.5 Å². The molecule has 0 spiro atoms. The van der Waals surface area contributed by atoms with E-state index in [2.05, 4.69) is 34.1 Å². The number of ether oxygens (including phenoxy) is 3. The number of carboxylic acids is 1. The van der Waals surface area contributed by atoms with Gasteiger partial charge in [0.1, 0.15) is 23.9 Å². The molecule has 8 heteroatoms. The summed E-state index contributed by atoms with van der Waals surface area (Å²) < 4.78 is 33.3. The summed E-state index contributed by atoms with van der Waals surface area (Å²) in [6, 6.07) is 14.2. The van der Waals surface area contributed by atoms with E-state index in [-0.39, 0.29) is 24.1 Å². The van der Waals surface area contributed by atoms with E-state index in [1.807, 2.05) is 19.1 Å². The molecule has 1 N–H and O–H groups in total. The molecule has 4 aliphatic rings. The average Bonchev–Trinajstić information content (AvgIpc) is 3.61. The highest BCUT2D eigenvalue weighted by atomic mass is 19.1. The summed E-state index contributed by atoms with van der Waals surface area (Å²) in [4.78, 5) is 18.3. The molecule has 0 radical (unpaired) electrons. The number of hydrogen-bond donors (Lipinski definition) is 1. The topological polar surface area (TPSA) is 81.1 Å². The zero-order valence-corrected chi connectivity index (χ0v) is 24.8. The number of aromatic nitrogens is 1. The van der Waals surface area contributed by atoms with Crippen LogP contribution >= 0.6 is 0 Å². The van der Waals surface area contributed by atoms with Gasteiger partial charge in [-0.2, -0.15) is 0 Å². The number of methoxy groups -OCH3 is 1. The Labute approximate surface area is 252 Å². The van der Waals surface area contributed by atoms with Crippen molar-refractivity contribution in [1.29, 1.82) is 0 Å². The van der Waals surface area contributed by atoms with Gasteiger partial charge in [0.15, 0.2) is 0 Å². The molecule has 0 amide bonds. The molecule has 0 bridgehead atoms. The second kappa shape index (κ2) is 11.5. The lowest BCUT2D eigenvalue weighted by Crippen LogP contribution is -2.31. The molecule has 3 aromatic rings. The van der Waals surface area contributed by atoms with Crippen molar-refractivity contribution >= 4 is 5.97 Å². The average molecular weight is 587 g/mol. The maximum Gasteiger partial charge on any atom is 0.306 e. The van der Waals surface area contributed by atoms with Crippen LogP contribution in [0.5, 0.6) is 11.6 Å². The van der Waals surface area contributed by atoms with Gasteiger partial charge in [-0.1, -0.05) is 37.3 Å². The van der Waals surface area contributed by atoms with E-state index in [9.17, 15) is 9.90 Å². The van der Waals surface area contributed by atoms with Crippen molar-refractivity contribution in [3.63, 3.8) is 0 Å². The third-order valence-corrected chi connectivity index (χ3v) is 10.0. The first-order chi connectivity index (χ1) is 20.9. The zero-order valence-electron chi connectivity index (χ0n) is 24.8. The summed E-state index contributed by atoms with van der Waals surface area (Å²) in [6.45, 7) is 4.21. The number of nitrogens with zero attached hydrogens (tertiary/aromatic N) is 2. The molecule has 43 heavy (non-hydrogen) atoms. The van der Waals surface area contributed by atoms with E-state index in [0.717, 1.165) is 85.2 Å². The van der Waals surface area contributed by atoms with Crippen LogP contribution in [0, 0.1) is 23.6 Å². The number of halogens is 1. The highest BCUT2D eigenvalue weighted by Crippen LogP contribution is 2.48. The Bertz CT molecular complexity index is 1520. The van der Waals surface area contributed by atoms with Crippen LogP contribution in [0.3, 0.4) is 0 Å². The zero-order chi connectivity index (χ0) is 29.7. The summed E-state index contributed by atoms with van der Waals surface area (Å²) in [5.74, 6) is 0.595. The molecule has 2 saturated heterocycles. The molecular formula is C35H39FN2O5. The van der Waals surface area contributed by atoms with Crippen LogP contribution in [-0.4, -0.2) is 47.4 Å². The number of fused-ring (bicyclic) bond motifs is 2. The minimum atomic E-state index is -0.753. The van der Waals surface area contributed by atoms with Crippen LogP contribution in [0.1, 0.15) is 73.3 Å². The second-order valence-corrected chi connectivity index (χ2v) is 12.7. The Balaban J connectivity index is 1.21. The van der Waals surface area contributed by atoms with Crippen LogP contribution in [0.4, 0.5) is 4.39 Å². The van der Waals surface area contributed by atoms with Crippen molar-refractivity contribution < 1.29 is 28.5 Å². The molecule has 4 heterocycles. The fourth-order valence-corrected chi connectivity index (χ4v) is 7.51. The normalized spacial score (nSPS) is 24.6. The number of pyridine rings is 1. The number of aryl methyl sites for hydroxylation is 1. The number of hydrogen-bond acceptors (Lipinski definition) is 6. The van der Waals surface area contributed by atoms with E-state index in [0.29, 0.717) is 29.8 Å². The smallest absolute Gasteiger partial charge is 0.306 e. The third-order valence-electron chi connectivity index (χ3n) is 10.0. The molecule has 3 unspecified atom stereocenters. The maximum atomic E-state index is 15.2. The lowest BCUT2D eigenvalue weighted by Gasteiger charge is -2.30. The molecule has 7 nitrogen and oxygen atoms in total. The van der Waals surface area contributed by atoms with Crippen LogP contribution < -0.4 is 9.47 Å². The van der Waals surface area contributed by atoms with Gasteiger partial charge in [0, 0.05) is 37.2 Å². The first kappa shape index (κ1) is 28.3. The number of carboxylic acid groups (broad SMARTS) is 1. The molecule has 5 atom stereocenters. The predicted molar refractivity (Wildman–Crippen MR) is 159 cm³/mol. The summed E-state index contributed by atoms with van der Waals surface area (Å²) in [5, 5.41) is 9.77. The number of rotatable bonds is 9. The molecule has 1 aromatic heterocycles. The molecule has 2 aromatic carbocycles. The van der Waals surface area contributed by atoms with Gasteiger partial charge in [-0.05, 0) is 84.2 Å². The Morgan fingerprint density at radius 1 is 1.12 bits per heavy atom. The lowest BCUT2D eigenvalue weighted by atomic mass is 9.82. The van der Waals surface area contributed by atoms with Gasteiger partial charge in [-0.3, -0.25) is 9.69 Å². The monoisotopic (exact) mass is 586 g/mol. The number of carbonyl (C=O) groups is 1. The van der Waals surface area contributed by atoms with Crippen molar-refractivity contribution in [1.82, 2.24) is 9.88 Å². The van der Waals surface area contributed by atoms with Gasteiger partial charge in [0.05, 0.1) is 19.2 Å². The molecular weight excluding hydrogens is 547 g/mol. The molecule has 3 aliphatic heterocycles. The van der Waals surface area contributed by atoms with Gasteiger partial charge in [-0.25, -0.2) is 9.37 Å². The van der Waals surface area contributed by atoms with Gasteiger partial charge in [0.2, 0.25) is 5.88 Å². The minimum absolute atomic E-state index is 0.00740. The summed E-state index contributed by atoms with van der Waals surface area (Å²) in [6.07, 6.45) is 7.24. The molecule has 1 aliphatic carbocycles. The van der Waals surface area contributed by atoms with Crippen molar-refractivity contribution in [3.8, 4) is 22.8 Å². The van der Waals surface area contributed by atoms with Gasteiger partial charge >= 0.3 is 5.97 Å². The van der Waals surface area contributed by atoms with E-state index in [1.165, 1.54) is 13.3 Å². The van der Waals surface area contributed by atoms with Crippen molar-refractivity contribution in [2.75, 3.05) is 20.3 Å². The summed E-state index contributed by atoms with van der Waals surface area (Å²) >= 11 is 0. The Kier molecular flexibility index (Phi) is 7.60. The number of aliphatic carboxylic acids is 1. The predicted octanol–water partition coefficient (Wildman–Crippen LogP) is 6.75. The number of benzene rings is 2. The number of likely N-dealkylation sites (tertiary alicyclic amines) is 1. The Morgan fingerprint density at radius 3 is 2.77 bits per heavy atom. The van der Waals surface area contributed by atoms with Crippen LogP contribution in [0.2, 0.25) is 0 Å². The summed E-state index contributed by atoms with van der Waals surface area (Å²) in [5.41, 5.74) is 5.56. The van der Waals surface area contributed by atoms with Crippen LogP contribution in [0.25, 0.3) is 11.1 Å². The molecule has 3 fully saturated rings. The first-order valence-corrected chi connectivity index (χ1v) is 15.6. The molecule has 1 saturated carbocycles. The fourth-order valence-electron chi connectivity index (χ4n) is 7.51. The van der Waals surface area contributed by atoms with Crippen molar-refractivity contribution in [3.05, 3.63) is 76.7 Å².